The van der Waals surface area contributed by atoms with Crippen LogP contribution in [0.2, 0.25) is 0 Å². The molecule has 5 rings (SSSR count). The normalized spacial score (nSPS) is 12.1. The number of benzene rings is 2. The summed E-state index contributed by atoms with van der Waals surface area (Å²) >= 11 is 1.18. The minimum atomic E-state index is -0.461. The minimum absolute atomic E-state index is 0.0538. The summed E-state index contributed by atoms with van der Waals surface area (Å²) in [6, 6.07) is 17.1. The highest BCUT2D eigenvalue weighted by Gasteiger charge is 2.17. The summed E-state index contributed by atoms with van der Waals surface area (Å²) in [6.45, 7) is 0. The maximum atomic E-state index is 12.8. The Morgan fingerprint density at radius 1 is 1.09 bits per heavy atom. The minimum Gasteiger partial charge on any atom is -0.497 e. The molecule has 0 unspecified atom stereocenters. The lowest BCUT2D eigenvalue weighted by molar-refractivity contribution is -0.384. The van der Waals surface area contributed by atoms with Crippen LogP contribution in [0.15, 0.2) is 69.9 Å². The van der Waals surface area contributed by atoms with E-state index in [0.29, 0.717) is 32.4 Å². The molecule has 5 aromatic rings. The fraction of sp³-hybridized carbons (Fsp3) is 0.0417. The molecule has 0 aliphatic heterocycles. The molecule has 0 N–H and O–H groups in total. The van der Waals surface area contributed by atoms with Gasteiger partial charge in [-0.25, -0.2) is 0 Å². The second kappa shape index (κ2) is 8.75. The first kappa shape index (κ1) is 21.3. The topological polar surface area (TPSA) is 113 Å². The van der Waals surface area contributed by atoms with E-state index >= 15 is 0 Å². The van der Waals surface area contributed by atoms with Gasteiger partial charge in [-0.15, -0.1) is 5.10 Å². The molecule has 0 spiro atoms. The molecular weight excluding hydrogens is 456 g/mol. The predicted octanol–water partition coefficient (Wildman–Crippen LogP) is 4.05. The molecular formula is C24H16N4O5S. The first-order valence-corrected chi connectivity index (χ1v) is 10.9. The largest absolute Gasteiger partial charge is 0.497 e. The van der Waals surface area contributed by atoms with Crippen LogP contribution in [0, 0.1) is 10.1 Å². The molecule has 0 aliphatic rings. The van der Waals surface area contributed by atoms with Crippen molar-refractivity contribution in [2.75, 3.05) is 7.11 Å². The number of nitro groups is 1. The van der Waals surface area contributed by atoms with Gasteiger partial charge < -0.3 is 9.15 Å². The van der Waals surface area contributed by atoms with Crippen LogP contribution in [0.1, 0.15) is 17.1 Å². The quantitative estimate of drug-likeness (QED) is 0.271. The molecule has 0 radical (unpaired) electrons. The Kier molecular flexibility index (Phi) is 5.48. The second-order valence-corrected chi connectivity index (χ2v) is 8.17. The third kappa shape index (κ3) is 4.09. The monoisotopic (exact) mass is 472 g/mol. The number of nitro benzene ring substituents is 1. The number of para-hydroxylation sites is 1. The Hall–Kier alpha value is -4.57. The molecule has 0 bridgehead atoms. The van der Waals surface area contributed by atoms with Gasteiger partial charge in [0.2, 0.25) is 4.96 Å². The number of aromatic nitrogens is 3. The summed E-state index contributed by atoms with van der Waals surface area (Å²) in [5, 5.41) is 15.6. The summed E-state index contributed by atoms with van der Waals surface area (Å²) in [5.41, 5.74) is 0.940. The van der Waals surface area contributed by atoms with Crippen molar-refractivity contribution < 1.29 is 14.1 Å². The Balaban J connectivity index is 1.42. The number of rotatable bonds is 6. The van der Waals surface area contributed by atoms with Crippen LogP contribution in [0.5, 0.6) is 5.75 Å². The van der Waals surface area contributed by atoms with Crippen molar-refractivity contribution in [1.29, 1.82) is 0 Å². The molecule has 0 atom stereocenters. The van der Waals surface area contributed by atoms with Crippen LogP contribution in [0.4, 0.5) is 5.69 Å². The molecule has 0 saturated carbocycles. The van der Waals surface area contributed by atoms with Crippen molar-refractivity contribution in [1.82, 2.24) is 14.6 Å². The van der Waals surface area contributed by atoms with E-state index in [4.69, 9.17) is 9.15 Å². The lowest BCUT2D eigenvalue weighted by Crippen LogP contribution is -2.23. The fourth-order valence-electron chi connectivity index (χ4n) is 3.35. The first-order chi connectivity index (χ1) is 16.5. The molecule has 3 heterocycles. The van der Waals surface area contributed by atoms with Gasteiger partial charge in [-0.2, -0.15) is 9.50 Å². The Morgan fingerprint density at radius 3 is 2.62 bits per heavy atom. The zero-order valence-corrected chi connectivity index (χ0v) is 18.6. The smallest absolute Gasteiger partial charge is 0.291 e. The molecule has 0 saturated heterocycles. The predicted molar refractivity (Wildman–Crippen MR) is 129 cm³/mol. The molecule has 0 fully saturated rings. The molecule has 3 aromatic heterocycles. The van der Waals surface area contributed by atoms with Crippen LogP contribution in [0.25, 0.3) is 34.5 Å². The van der Waals surface area contributed by atoms with E-state index in [2.05, 4.69) is 10.1 Å². The first-order valence-electron chi connectivity index (χ1n) is 10.1. The van der Waals surface area contributed by atoms with Crippen LogP contribution in [-0.2, 0) is 0 Å². The molecule has 9 nitrogen and oxygen atoms in total. The maximum absolute atomic E-state index is 12.8. The van der Waals surface area contributed by atoms with Crippen LogP contribution < -0.4 is 14.8 Å². The number of methoxy groups -OCH3 is 1. The van der Waals surface area contributed by atoms with Crippen molar-refractivity contribution in [3.8, 4) is 17.1 Å². The molecule has 0 amide bonds. The van der Waals surface area contributed by atoms with Crippen molar-refractivity contribution >= 4 is 40.2 Å². The summed E-state index contributed by atoms with van der Waals surface area (Å²) in [6.07, 6.45) is 5.16. The molecule has 10 heteroatoms. The number of ether oxygens (including phenoxy) is 1. The van der Waals surface area contributed by atoms with E-state index in [9.17, 15) is 14.9 Å². The average molecular weight is 472 g/mol. The van der Waals surface area contributed by atoms with E-state index in [1.165, 1.54) is 21.9 Å². The number of thiazole rings is 1. The highest BCUT2D eigenvalue weighted by atomic mass is 32.1. The third-order valence-corrected chi connectivity index (χ3v) is 5.96. The Bertz CT molecular complexity index is 1650. The Morgan fingerprint density at radius 2 is 1.88 bits per heavy atom. The van der Waals surface area contributed by atoms with Crippen LogP contribution in [0.3, 0.4) is 0 Å². The molecule has 34 heavy (non-hydrogen) atoms. The number of hydrogen-bond donors (Lipinski definition) is 0. The van der Waals surface area contributed by atoms with Gasteiger partial charge in [-0.3, -0.25) is 14.9 Å². The SMILES string of the molecule is COc1ccc(/C=C/c2nc3s/c(=C\c4ccc(-c5ccccc5[N+](=O)[O-])o4)c(=O)n3n2)cc1. The number of nitrogens with zero attached hydrogens (tertiary/aromatic N) is 4. The zero-order valence-electron chi connectivity index (χ0n) is 17.7. The van der Waals surface area contributed by atoms with Gasteiger partial charge in [-0.1, -0.05) is 41.7 Å². The molecule has 0 aliphatic carbocycles. The van der Waals surface area contributed by atoms with E-state index in [1.807, 2.05) is 30.3 Å². The standard InChI is InChI=1S/C24H16N4O5S/c1-32-16-9-6-15(7-10-16)8-13-22-25-24-27(26-22)23(29)21(34-24)14-17-11-12-20(33-17)18-4-2-3-5-19(18)28(30)31/h2-14H,1H3/b13-8+,21-14-. The van der Waals surface area contributed by atoms with Crippen LogP contribution >= 0.6 is 11.3 Å². The van der Waals surface area contributed by atoms with Crippen molar-refractivity contribution in [3.05, 3.63) is 103 Å². The van der Waals surface area contributed by atoms with E-state index in [1.54, 1.807) is 49.6 Å². The third-order valence-electron chi connectivity index (χ3n) is 5.01. The highest BCUT2D eigenvalue weighted by Crippen LogP contribution is 2.31. The van der Waals surface area contributed by atoms with Gasteiger partial charge >= 0.3 is 0 Å². The number of furan rings is 1. The summed E-state index contributed by atoms with van der Waals surface area (Å²) in [5.74, 6) is 1.93. The molecule has 2 aromatic carbocycles. The van der Waals surface area contributed by atoms with Gasteiger partial charge in [0.05, 0.1) is 17.6 Å². The van der Waals surface area contributed by atoms with Crippen molar-refractivity contribution in [2.45, 2.75) is 0 Å². The number of hydrogen-bond acceptors (Lipinski definition) is 8. The lowest BCUT2D eigenvalue weighted by Gasteiger charge is -1.98. The fourth-order valence-corrected chi connectivity index (χ4v) is 4.25. The van der Waals surface area contributed by atoms with Gasteiger partial charge in [0.25, 0.3) is 11.2 Å². The van der Waals surface area contributed by atoms with E-state index < -0.39 is 4.92 Å². The van der Waals surface area contributed by atoms with Gasteiger partial charge in [0.15, 0.2) is 5.82 Å². The molecule has 168 valence electrons. The summed E-state index contributed by atoms with van der Waals surface area (Å²) in [7, 11) is 1.61. The average Bonchev–Trinajstić information content (AvgIpc) is 3.55. The van der Waals surface area contributed by atoms with Crippen LogP contribution in [-0.4, -0.2) is 26.6 Å². The van der Waals surface area contributed by atoms with E-state index in [-0.39, 0.29) is 11.2 Å². The van der Waals surface area contributed by atoms with Gasteiger partial charge in [-0.05, 0) is 42.0 Å². The van der Waals surface area contributed by atoms with E-state index in [0.717, 1.165) is 11.3 Å². The van der Waals surface area contributed by atoms with Gasteiger partial charge in [0, 0.05) is 12.1 Å². The highest BCUT2D eigenvalue weighted by molar-refractivity contribution is 7.15. The second-order valence-electron chi connectivity index (χ2n) is 7.16. The van der Waals surface area contributed by atoms with Gasteiger partial charge in [0.1, 0.15) is 21.8 Å². The number of fused-ring (bicyclic) bond motifs is 1. The maximum Gasteiger partial charge on any atom is 0.291 e. The van der Waals surface area contributed by atoms with Crippen molar-refractivity contribution in [3.63, 3.8) is 0 Å². The summed E-state index contributed by atoms with van der Waals surface area (Å²) < 4.78 is 12.5. The van der Waals surface area contributed by atoms with Crippen molar-refractivity contribution in [2.24, 2.45) is 0 Å². The summed E-state index contributed by atoms with van der Waals surface area (Å²) in [4.78, 5) is 28.5. The lowest BCUT2D eigenvalue weighted by atomic mass is 10.1. The zero-order chi connectivity index (χ0) is 23.7. The Labute approximate surface area is 196 Å².